The Morgan fingerprint density at radius 3 is 2.44 bits per heavy atom. The molecular formula is C23H18N6O2S. The number of hydrogen-bond donors (Lipinski definition) is 1. The highest BCUT2D eigenvalue weighted by Crippen LogP contribution is 2.35. The minimum absolute atomic E-state index is 0.0657. The molecule has 0 saturated heterocycles. The third-order valence-corrected chi connectivity index (χ3v) is 6.80. The van der Waals surface area contributed by atoms with Gasteiger partial charge in [-0.1, -0.05) is 30.3 Å². The van der Waals surface area contributed by atoms with E-state index in [2.05, 4.69) is 20.1 Å². The largest absolute Gasteiger partial charge is 0.382 e. The van der Waals surface area contributed by atoms with Gasteiger partial charge in [0.05, 0.1) is 27.8 Å². The highest BCUT2D eigenvalue weighted by atomic mass is 32.2. The molecule has 0 aliphatic carbocycles. The van der Waals surface area contributed by atoms with Crippen molar-refractivity contribution in [3.8, 4) is 0 Å². The fraction of sp³-hybridized carbons (Fsp3) is 0.0435. The van der Waals surface area contributed by atoms with Crippen molar-refractivity contribution in [2.75, 3.05) is 5.73 Å². The minimum atomic E-state index is -3.99. The van der Waals surface area contributed by atoms with Crippen molar-refractivity contribution in [3.63, 3.8) is 0 Å². The Morgan fingerprint density at radius 2 is 1.72 bits per heavy atom. The lowest BCUT2D eigenvalue weighted by molar-refractivity contribution is 0.597. The van der Waals surface area contributed by atoms with Gasteiger partial charge in [-0.25, -0.2) is 18.4 Å². The first-order valence-electron chi connectivity index (χ1n) is 9.79. The molecule has 0 atom stereocenters. The highest BCUT2D eigenvalue weighted by Gasteiger charge is 2.30. The monoisotopic (exact) mass is 442 g/mol. The van der Waals surface area contributed by atoms with E-state index in [9.17, 15) is 8.42 Å². The fourth-order valence-corrected chi connectivity index (χ4v) is 5.06. The van der Waals surface area contributed by atoms with Crippen LogP contribution in [-0.2, 0) is 9.84 Å². The van der Waals surface area contributed by atoms with E-state index >= 15 is 0 Å². The van der Waals surface area contributed by atoms with E-state index in [0.717, 1.165) is 5.56 Å². The third kappa shape index (κ3) is 3.28. The average molecular weight is 443 g/mol. The Balaban J connectivity index is 1.82. The van der Waals surface area contributed by atoms with E-state index in [4.69, 9.17) is 5.73 Å². The lowest BCUT2D eigenvalue weighted by atomic mass is 10.2. The Labute approximate surface area is 184 Å². The molecule has 3 heterocycles. The van der Waals surface area contributed by atoms with Gasteiger partial charge in [0.2, 0.25) is 9.84 Å². The molecule has 0 bridgehead atoms. The van der Waals surface area contributed by atoms with Crippen LogP contribution in [0.5, 0.6) is 0 Å². The SMILES string of the molecule is Cc1cccc(S(=O)(=O)c2c(N)n(N=Cc3ccccn3)c3nc4ccccc4nc23)c1. The van der Waals surface area contributed by atoms with Crippen molar-refractivity contribution in [1.82, 2.24) is 19.6 Å². The molecule has 2 N–H and O–H groups in total. The normalized spacial score (nSPS) is 12.2. The smallest absolute Gasteiger partial charge is 0.212 e. The molecule has 158 valence electrons. The van der Waals surface area contributed by atoms with Crippen LogP contribution in [0.15, 0.2) is 87.8 Å². The second kappa shape index (κ2) is 7.54. The summed E-state index contributed by atoms with van der Waals surface area (Å²) >= 11 is 0. The molecule has 0 saturated carbocycles. The van der Waals surface area contributed by atoms with E-state index in [1.165, 1.54) is 17.0 Å². The predicted molar refractivity (Wildman–Crippen MR) is 123 cm³/mol. The summed E-state index contributed by atoms with van der Waals surface area (Å²) < 4.78 is 28.5. The Kier molecular flexibility index (Phi) is 4.67. The maximum atomic E-state index is 13.6. The zero-order valence-corrected chi connectivity index (χ0v) is 17.9. The van der Waals surface area contributed by atoms with Crippen LogP contribution in [-0.4, -0.2) is 34.3 Å². The molecule has 0 aliphatic heterocycles. The number of aromatic nitrogens is 4. The molecule has 0 fully saturated rings. The second-order valence-electron chi connectivity index (χ2n) is 7.23. The summed E-state index contributed by atoms with van der Waals surface area (Å²) in [6, 6.07) is 19.3. The number of sulfone groups is 1. The number of nitrogens with zero attached hydrogens (tertiary/aromatic N) is 5. The predicted octanol–water partition coefficient (Wildman–Crippen LogP) is 3.59. The van der Waals surface area contributed by atoms with Gasteiger partial charge in [0.15, 0.2) is 5.65 Å². The zero-order valence-electron chi connectivity index (χ0n) is 17.0. The Morgan fingerprint density at radius 1 is 0.969 bits per heavy atom. The summed E-state index contributed by atoms with van der Waals surface area (Å²) in [6.45, 7) is 1.83. The van der Waals surface area contributed by atoms with Gasteiger partial charge in [-0.15, -0.1) is 0 Å². The van der Waals surface area contributed by atoms with E-state index in [0.29, 0.717) is 16.7 Å². The summed E-state index contributed by atoms with van der Waals surface area (Å²) in [5.41, 5.74) is 9.36. The summed E-state index contributed by atoms with van der Waals surface area (Å²) in [6.07, 6.45) is 3.13. The summed E-state index contributed by atoms with van der Waals surface area (Å²) in [5.74, 6) is -0.0657. The summed E-state index contributed by atoms with van der Waals surface area (Å²) in [4.78, 5) is 13.4. The molecule has 0 radical (unpaired) electrons. The van der Waals surface area contributed by atoms with Gasteiger partial charge in [0, 0.05) is 6.20 Å². The first kappa shape index (κ1) is 19.8. The van der Waals surface area contributed by atoms with Crippen LogP contribution >= 0.6 is 0 Å². The molecule has 2 aromatic carbocycles. The molecule has 32 heavy (non-hydrogen) atoms. The number of hydrogen-bond acceptors (Lipinski definition) is 7. The fourth-order valence-electron chi connectivity index (χ4n) is 3.47. The van der Waals surface area contributed by atoms with Crippen LogP contribution in [0.1, 0.15) is 11.3 Å². The average Bonchev–Trinajstić information content (AvgIpc) is 3.07. The van der Waals surface area contributed by atoms with Crippen LogP contribution in [0.4, 0.5) is 5.82 Å². The maximum absolute atomic E-state index is 13.6. The van der Waals surface area contributed by atoms with Gasteiger partial charge in [-0.05, 0) is 48.9 Å². The van der Waals surface area contributed by atoms with Gasteiger partial charge in [0.25, 0.3) is 0 Å². The van der Waals surface area contributed by atoms with Crippen LogP contribution in [0, 0.1) is 6.92 Å². The topological polar surface area (TPSA) is 116 Å². The summed E-state index contributed by atoms with van der Waals surface area (Å²) in [7, 11) is -3.99. The number of nitrogens with two attached hydrogens (primary N) is 1. The molecule has 8 nitrogen and oxygen atoms in total. The van der Waals surface area contributed by atoms with E-state index in [1.54, 1.807) is 42.6 Å². The number of para-hydroxylation sites is 2. The zero-order chi connectivity index (χ0) is 22.3. The van der Waals surface area contributed by atoms with Crippen molar-refractivity contribution < 1.29 is 8.42 Å². The molecule has 0 spiro atoms. The number of fused-ring (bicyclic) bond motifs is 2. The summed E-state index contributed by atoms with van der Waals surface area (Å²) in [5, 5.41) is 4.39. The minimum Gasteiger partial charge on any atom is -0.382 e. The number of rotatable bonds is 4. The number of anilines is 1. The van der Waals surface area contributed by atoms with E-state index in [-0.39, 0.29) is 26.8 Å². The Bertz CT molecular complexity index is 1610. The molecule has 9 heteroatoms. The van der Waals surface area contributed by atoms with Crippen molar-refractivity contribution in [3.05, 3.63) is 84.2 Å². The van der Waals surface area contributed by atoms with Gasteiger partial charge in [-0.3, -0.25) is 4.98 Å². The molecule has 5 aromatic rings. The van der Waals surface area contributed by atoms with Crippen molar-refractivity contribution in [2.24, 2.45) is 5.10 Å². The van der Waals surface area contributed by atoms with Crippen LogP contribution in [0.3, 0.4) is 0 Å². The number of pyridine rings is 1. The molecular weight excluding hydrogens is 424 g/mol. The van der Waals surface area contributed by atoms with Crippen molar-refractivity contribution in [1.29, 1.82) is 0 Å². The van der Waals surface area contributed by atoms with Crippen LogP contribution in [0.25, 0.3) is 22.2 Å². The first-order valence-corrected chi connectivity index (χ1v) is 11.3. The molecule has 5 rings (SSSR count). The van der Waals surface area contributed by atoms with Crippen LogP contribution < -0.4 is 5.73 Å². The maximum Gasteiger partial charge on any atom is 0.212 e. The van der Waals surface area contributed by atoms with Crippen molar-refractivity contribution in [2.45, 2.75) is 16.7 Å². The quantitative estimate of drug-likeness (QED) is 0.425. The number of benzene rings is 2. The van der Waals surface area contributed by atoms with Crippen molar-refractivity contribution >= 4 is 44.1 Å². The van der Waals surface area contributed by atoms with Gasteiger partial charge >= 0.3 is 0 Å². The van der Waals surface area contributed by atoms with Gasteiger partial charge in [0.1, 0.15) is 16.2 Å². The van der Waals surface area contributed by atoms with Gasteiger partial charge in [-0.2, -0.15) is 9.78 Å². The van der Waals surface area contributed by atoms with Crippen LogP contribution in [0.2, 0.25) is 0 Å². The molecule has 0 amide bonds. The number of nitrogen functional groups attached to an aromatic ring is 1. The van der Waals surface area contributed by atoms with E-state index < -0.39 is 9.84 Å². The first-order chi connectivity index (χ1) is 15.4. The second-order valence-corrected chi connectivity index (χ2v) is 9.12. The molecule has 0 aliphatic rings. The molecule has 0 unspecified atom stereocenters. The Hall–Kier alpha value is -4.11. The van der Waals surface area contributed by atoms with Gasteiger partial charge < -0.3 is 5.73 Å². The molecule has 3 aromatic heterocycles. The van der Waals surface area contributed by atoms with E-state index in [1.807, 2.05) is 31.2 Å². The number of aryl methyl sites for hydroxylation is 1. The standard InChI is InChI=1S/C23H18N6O2S/c1-15-7-6-9-17(13-15)32(30,31)21-20-23(28-19-11-3-2-10-18(19)27-20)29(22(21)24)26-14-16-8-4-5-12-25-16/h2-14H,24H2,1H3. The third-order valence-electron chi connectivity index (χ3n) is 4.99. The lowest BCUT2D eigenvalue weighted by Gasteiger charge is -2.05. The highest BCUT2D eigenvalue weighted by molar-refractivity contribution is 7.92. The lowest BCUT2D eigenvalue weighted by Crippen LogP contribution is -2.07.